The highest BCUT2D eigenvalue weighted by molar-refractivity contribution is 4.88. The normalized spacial score (nSPS) is 25.5. The Hall–Kier alpha value is -0.0800. The minimum atomic E-state index is 0.575. The molecule has 0 aromatic heterocycles. The van der Waals surface area contributed by atoms with Gasteiger partial charge in [-0.25, -0.2) is 0 Å². The molecule has 1 aliphatic carbocycles. The third kappa shape index (κ3) is 4.73. The molecule has 0 bridgehead atoms. The van der Waals surface area contributed by atoms with Crippen molar-refractivity contribution in [3.63, 3.8) is 0 Å². The SMILES string of the molecule is CCNCC1(CN2CCC(CC)CC2)CCCCCC1. The first-order valence-corrected chi connectivity index (χ1v) is 9.21. The molecule has 1 aliphatic heterocycles. The molecule has 0 unspecified atom stereocenters. The fourth-order valence-corrected chi connectivity index (χ4v) is 4.29. The molecule has 2 heteroatoms. The average molecular weight is 280 g/mol. The van der Waals surface area contributed by atoms with Crippen molar-refractivity contribution in [3.8, 4) is 0 Å². The lowest BCUT2D eigenvalue weighted by molar-refractivity contribution is 0.0945. The van der Waals surface area contributed by atoms with Crippen LogP contribution in [-0.4, -0.2) is 37.6 Å². The minimum absolute atomic E-state index is 0.575. The van der Waals surface area contributed by atoms with E-state index in [-0.39, 0.29) is 0 Å². The van der Waals surface area contributed by atoms with Crippen LogP contribution in [0.25, 0.3) is 0 Å². The van der Waals surface area contributed by atoms with Gasteiger partial charge in [0.1, 0.15) is 0 Å². The van der Waals surface area contributed by atoms with Crippen molar-refractivity contribution < 1.29 is 0 Å². The molecule has 0 amide bonds. The highest BCUT2D eigenvalue weighted by atomic mass is 15.1. The molecule has 118 valence electrons. The summed E-state index contributed by atoms with van der Waals surface area (Å²) in [6.45, 7) is 11.0. The van der Waals surface area contributed by atoms with Crippen LogP contribution in [0.3, 0.4) is 0 Å². The van der Waals surface area contributed by atoms with E-state index in [1.807, 2.05) is 0 Å². The standard InChI is InChI=1S/C18H36N2/c1-3-17-9-13-20(14-10-17)16-18(15-19-4-2)11-7-5-6-8-12-18/h17,19H,3-16H2,1-2H3. The lowest BCUT2D eigenvalue weighted by atomic mass is 9.79. The molecule has 2 nitrogen and oxygen atoms in total. The summed E-state index contributed by atoms with van der Waals surface area (Å²) >= 11 is 0. The van der Waals surface area contributed by atoms with Crippen molar-refractivity contribution >= 4 is 0 Å². The Kier molecular flexibility index (Phi) is 6.83. The molecule has 2 fully saturated rings. The Morgan fingerprint density at radius 1 is 1.00 bits per heavy atom. The summed E-state index contributed by atoms with van der Waals surface area (Å²) < 4.78 is 0. The Morgan fingerprint density at radius 2 is 1.65 bits per heavy atom. The van der Waals surface area contributed by atoms with Gasteiger partial charge in [-0.05, 0) is 56.7 Å². The van der Waals surface area contributed by atoms with Crippen molar-refractivity contribution in [1.29, 1.82) is 0 Å². The van der Waals surface area contributed by atoms with E-state index in [0.29, 0.717) is 5.41 Å². The summed E-state index contributed by atoms with van der Waals surface area (Å²) in [6.07, 6.45) is 13.0. The van der Waals surface area contributed by atoms with Crippen molar-refractivity contribution in [3.05, 3.63) is 0 Å². The van der Waals surface area contributed by atoms with E-state index in [2.05, 4.69) is 24.1 Å². The van der Waals surface area contributed by atoms with Crippen LogP contribution in [0.4, 0.5) is 0 Å². The highest BCUT2D eigenvalue weighted by Crippen LogP contribution is 2.36. The largest absolute Gasteiger partial charge is 0.316 e. The molecule has 2 aliphatic rings. The summed E-state index contributed by atoms with van der Waals surface area (Å²) in [5.74, 6) is 1.00. The quantitative estimate of drug-likeness (QED) is 0.738. The van der Waals surface area contributed by atoms with Crippen molar-refractivity contribution in [1.82, 2.24) is 10.2 Å². The van der Waals surface area contributed by atoms with E-state index in [1.165, 1.54) is 84.0 Å². The Morgan fingerprint density at radius 3 is 2.20 bits per heavy atom. The maximum atomic E-state index is 3.67. The van der Waals surface area contributed by atoms with Crippen LogP contribution in [0, 0.1) is 11.3 Å². The van der Waals surface area contributed by atoms with Crippen LogP contribution in [0.15, 0.2) is 0 Å². The first-order valence-electron chi connectivity index (χ1n) is 9.21. The van der Waals surface area contributed by atoms with Crippen molar-refractivity contribution in [2.75, 3.05) is 32.7 Å². The van der Waals surface area contributed by atoms with E-state index in [1.54, 1.807) is 0 Å². The van der Waals surface area contributed by atoms with Gasteiger partial charge < -0.3 is 10.2 Å². The monoisotopic (exact) mass is 280 g/mol. The summed E-state index contributed by atoms with van der Waals surface area (Å²) in [5.41, 5.74) is 0.575. The summed E-state index contributed by atoms with van der Waals surface area (Å²) in [5, 5.41) is 3.67. The van der Waals surface area contributed by atoms with Gasteiger partial charge in [-0.2, -0.15) is 0 Å². The molecule has 0 radical (unpaired) electrons. The second kappa shape index (κ2) is 8.38. The molecule has 1 saturated heterocycles. The average Bonchev–Trinajstić information content (AvgIpc) is 2.72. The molecule has 1 heterocycles. The van der Waals surface area contributed by atoms with Gasteiger partial charge in [-0.1, -0.05) is 46.0 Å². The molecular weight excluding hydrogens is 244 g/mol. The van der Waals surface area contributed by atoms with Gasteiger partial charge in [0.15, 0.2) is 0 Å². The zero-order chi connectivity index (χ0) is 14.3. The van der Waals surface area contributed by atoms with Crippen LogP contribution in [0.5, 0.6) is 0 Å². The van der Waals surface area contributed by atoms with Gasteiger partial charge >= 0.3 is 0 Å². The number of hydrogen-bond acceptors (Lipinski definition) is 2. The lowest BCUT2D eigenvalue weighted by Crippen LogP contribution is -2.46. The number of hydrogen-bond donors (Lipinski definition) is 1. The smallest absolute Gasteiger partial charge is 0.00501 e. The fourth-order valence-electron chi connectivity index (χ4n) is 4.29. The van der Waals surface area contributed by atoms with E-state index < -0.39 is 0 Å². The number of piperidine rings is 1. The molecular formula is C18H36N2. The van der Waals surface area contributed by atoms with Gasteiger partial charge in [-0.15, -0.1) is 0 Å². The van der Waals surface area contributed by atoms with Crippen LogP contribution in [0.2, 0.25) is 0 Å². The maximum Gasteiger partial charge on any atom is 0.00501 e. The summed E-state index contributed by atoms with van der Waals surface area (Å²) in [7, 11) is 0. The van der Waals surface area contributed by atoms with E-state index in [9.17, 15) is 0 Å². The van der Waals surface area contributed by atoms with Gasteiger partial charge in [0.2, 0.25) is 0 Å². The molecule has 0 spiro atoms. The lowest BCUT2D eigenvalue weighted by Gasteiger charge is -2.41. The predicted octanol–water partition coefficient (Wildman–Crippen LogP) is 4.06. The highest BCUT2D eigenvalue weighted by Gasteiger charge is 2.33. The zero-order valence-corrected chi connectivity index (χ0v) is 13.9. The number of nitrogens with one attached hydrogen (secondary N) is 1. The third-order valence-electron chi connectivity index (χ3n) is 5.76. The first kappa shape index (κ1) is 16.3. The van der Waals surface area contributed by atoms with Gasteiger partial charge in [0, 0.05) is 13.1 Å². The van der Waals surface area contributed by atoms with Crippen LogP contribution in [-0.2, 0) is 0 Å². The number of nitrogens with zero attached hydrogens (tertiary/aromatic N) is 1. The number of rotatable bonds is 6. The molecule has 1 N–H and O–H groups in total. The molecule has 0 aromatic rings. The molecule has 0 aromatic carbocycles. The van der Waals surface area contributed by atoms with Gasteiger partial charge in [0.05, 0.1) is 0 Å². The molecule has 0 atom stereocenters. The van der Waals surface area contributed by atoms with Gasteiger partial charge in [0.25, 0.3) is 0 Å². The van der Waals surface area contributed by atoms with Gasteiger partial charge in [-0.3, -0.25) is 0 Å². The van der Waals surface area contributed by atoms with Crippen LogP contribution < -0.4 is 5.32 Å². The van der Waals surface area contributed by atoms with Crippen LogP contribution in [0.1, 0.15) is 71.6 Å². The van der Waals surface area contributed by atoms with Crippen LogP contribution >= 0.6 is 0 Å². The zero-order valence-electron chi connectivity index (χ0n) is 13.9. The topological polar surface area (TPSA) is 15.3 Å². The Balaban J connectivity index is 1.89. The summed E-state index contributed by atoms with van der Waals surface area (Å²) in [4.78, 5) is 2.79. The number of likely N-dealkylation sites (tertiary alicyclic amines) is 1. The maximum absolute atomic E-state index is 3.67. The second-order valence-corrected chi connectivity index (χ2v) is 7.32. The fraction of sp³-hybridized carbons (Fsp3) is 1.00. The second-order valence-electron chi connectivity index (χ2n) is 7.32. The van der Waals surface area contributed by atoms with Crippen molar-refractivity contribution in [2.24, 2.45) is 11.3 Å². The molecule has 1 saturated carbocycles. The molecule has 2 rings (SSSR count). The van der Waals surface area contributed by atoms with E-state index in [0.717, 1.165) is 12.5 Å². The predicted molar refractivity (Wildman–Crippen MR) is 88.1 cm³/mol. The summed E-state index contributed by atoms with van der Waals surface area (Å²) in [6, 6.07) is 0. The Bertz CT molecular complexity index is 248. The molecule has 20 heavy (non-hydrogen) atoms. The third-order valence-corrected chi connectivity index (χ3v) is 5.76. The Labute approximate surface area is 126 Å². The minimum Gasteiger partial charge on any atom is -0.316 e. The van der Waals surface area contributed by atoms with E-state index >= 15 is 0 Å². The first-order chi connectivity index (χ1) is 9.78. The van der Waals surface area contributed by atoms with E-state index in [4.69, 9.17) is 0 Å². The van der Waals surface area contributed by atoms with Crippen molar-refractivity contribution in [2.45, 2.75) is 71.6 Å².